The maximum absolute atomic E-state index is 14.1. The summed E-state index contributed by atoms with van der Waals surface area (Å²) in [5, 5.41) is 25.6. The van der Waals surface area contributed by atoms with Gasteiger partial charge in [-0.05, 0) is 94.0 Å². The molecule has 2 aliphatic heterocycles. The van der Waals surface area contributed by atoms with Gasteiger partial charge in [-0.1, -0.05) is 90.5 Å². The van der Waals surface area contributed by atoms with Gasteiger partial charge in [0.05, 0.1) is 17.3 Å². The van der Waals surface area contributed by atoms with Crippen LogP contribution in [0.1, 0.15) is 49.8 Å². The fourth-order valence-electron chi connectivity index (χ4n) is 7.36. The molecule has 6 aromatic rings. The number of carboxylic acid groups (broad SMARTS) is 1. The lowest BCUT2D eigenvalue weighted by Gasteiger charge is -2.37. The Labute approximate surface area is 350 Å². The lowest BCUT2D eigenvalue weighted by atomic mass is 9.91. The molecule has 3 amide bonds. The molecule has 8 rings (SSSR count). The molecule has 0 aromatic heterocycles. The van der Waals surface area contributed by atoms with Crippen molar-refractivity contribution in [3.63, 3.8) is 0 Å². The Morgan fingerprint density at radius 3 is 2.20 bits per heavy atom. The Morgan fingerprint density at radius 1 is 0.867 bits per heavy atom. The van der Waals surface area contributed by atoms with E-state index in [0.717, 1.165) is 22.3 Å². The minimum absolute atomic E-state index is 0.00185. The van der Waals surface area contributed by atoms with Gasteiger partial charge in [-0.25, -0.2) is 4.79 Å². The molecule has 3 N–H and O–H groups in total. The van der Waals surface area contributed by atoms with Gasteiger partial charge in [0.1, 0.15) is 30.2 Å². The molecular formula is C48H37ClN4O7. The van der Waals surface area contributed by atoms with Crippen LogP contribution < -0.4 is 20.1 Å². The maximum Gasteiger partial charge on any atom is 0.326 e. The normalized spacial score (nSPS) is 15.9. The van der Waals surface area contributed by atoms with Gasteiger partial charge in [0.2, 0.25) is 12.0 Å². The van der Waals surface area contributed by atoms with Crippen molar-refractivity contribution in [3.05, 3.63) is 183 Å². The fraction of sp³-hybridized carbons (Fsp3) is 0.146. The molecule has 0 spiro atoms. The SMILES string of the molecule is N#Cc1ccc(-c2ccc(C[C@H](NC(=O)C3Cc4cc5c(cc4CN3C(=O)c3ccccc3)O[C@@H](c3ccc(OCc4ccc(Cl)cc4)cc3)C(=O)N5)C(=O)O)cc2)cc1. The van der Waals surface area contributed by atoms with E-state index in [2.05, 4.69) is 16.7 Å². The topological polar surface area (TPSA) is 158 Å². The van der Waals surface area contributed by atoms with Gasteiger partial charge < -0.3 is 30.1 Å². The van der Waals surface area contributed by atoms with Crippen LogP contribution in [0.3, 0.4) is 0 Å². The quantitative estimate of drug-likeness (QED) is 0.119. The summed E-state index contributed by atoms with van der Waals surface area (Å²) < 4.78 is 12.2. The Bertz CT molecular complexity index is 2610. The molecule has 0 radical (unpaired) electrons. The summed E-state index contributed by atoms with van der Waals surface area (Å²) in [7, 11) is 0. The van der Waals surface area contributed by atoms with Crippen LogP contribution in [0.4, 0.5) is 5.69 Å². The maximum atomic E-state index is 14.1. The number of benzene rings is 6. The Morgan fingerprint density at radius 2 is 1.53 bits per heavy atom. The van der Waals surface area contributed by atoms with Gasteiger partial charge in [-0.15, -0.1) is 0 Å². The third-order valence-corrected chi connectivity index (χ3v) is 10.9. The first-order valence-electron chi connectivity index (χ1n) is 19.2. The van der Waals surface area contributed by atoms with Crippen LogP contribution in [-0.2, 0) is 40.4 Å². The van der Waals surface area contributed by atoms with Crippen molar-refractivity contribution in [3.8, 4) is 28.7 Å². The van der Waals surface area contributed by atoms with Gasteiger partial charge in [0.25, 0.3) is 11.8 Å². The fourth-order valence-corrected chi connectivity index (χ4v) is 7.49. The number of nitriles is 1. The van der Waals surface area contributed by atoms with Crippen molar-refractivity contribution < 1.29 is 33.8 Å². The zero-order chi connectivity index (χ0) is 41.8. The molecule has 0 fully saturated rings. The summed E-state index contributed by atoms with van der Waals surface area (Å²) in [4.78, 5) is 55.6. The number of carbonyl (C=O) groups is 4. The molecular weight excluding hydrogens is 780 g/mol. The lowest BCUT2D eigenvalue weighted by molar-refractivity contribution is -0.142. The number of rotatable bonds is 11. The van der Waals surface area contributed by atoms with E-state index in [4.69, 9.17) is 26.3 Å². The van der Waals surface area contributed by atoms with Crippen LogP contribution in [-0.4, -0.2) is 45.8 Å². The highest BCUT2D eigenvalue weighted by Gasteiger charge is 2.39. The molecule has 0 aliphatic carbocycles. The molecule has 0 bridgehead atoms. The zero-order valence-electron chi connectivity index (χ0n) is 32.0. The Kier molecular flexibility index (Phi) is 11.3. The molecule has 1 unspecified atom stereocenters. The number of nitrogens with one attached hydrogen (secondary N) is 2. The van der Waals surface area contributed by atoms with Crippen LogP contribution in [0.25, 0.3) is 11.1 Å². The molecule has 6 aromatic carbocycles. The van der Waals surface area contributed by atoms with Crippen molar-refractivity contribution in [1.29, 1.82) is 5.26 Å². The Hall–Kier alpha value is -7.42. The monoisotopic (exact) mass is 816 g/mol. The minimum atomic E-state index is -1.29. The predicted octanol–water partition coefficient (Wildman–Crippen LogP) is 7.91. The van der Waals surface area contributed by atoms with Gasteiger partial charge in [-0.2, -0.15) is 5.26 Å². The van der Waals surface area contributed by atoms with E-state index in [1.54, 1.807) is 103 Å². The summed E-state index contributed by atoms with van der Waals surface area (Å²) in [6.45, 7) is 0.379. The van der Waals surface area contributed by atoms with Crippen LogP contribution in [0.15, 0.2) is 140 Å². The second-order valence-electron chi connectivity index (χ2n) is 14.6. The highest BCUT2D eigenvalue weighted by molar-refractivity contribution is 6.30. The van der Waals surface area contributed by atoms with Crippen LogP contribution >= 0.6 is 11.6 Å². The number of halogens is 1. The third kappa shape index (κ3) is 8.70. The van der Waals surface area contributed by atoms with E-state index in [-0.39, 0.29) is 25.3 Å². The molecule has 2 heterocycles. The van der Waals surface area contributed by atoms with E-state index in [9.17, 15) is 24.3 Å². The standard InChI is InChI=1S/C48H37ClN4O7/c49-38-18-10-31(11-19-38)28-59-39-20-16-34(17-21-39)44-46(55)51-40-23-36-24-42(53(27-37(36)25-43(40)60-44)47(56)35-4-2-1-3-5-35)45(54)52-41(48(57)58)22-29-6-12-32(13-7-29)33-14-8-30(26-50)9-15-33/h1-21,23,25,41-42,44H,22,24,27-28H2,(H,51,55)(H,52,54)(H,57,58)/t41-,42?,44-/m0/s1. The minimum Gasteiger partial charge on any atom is -0.489 e. The van der Waals surface area contributed by atoms with E-state index < -0.39 is 36.0 Å². The number of nitrogens with zero attached hydrogens (tertiary/aromatic N) is 2. The first-order chi connectivity index (χ1) is 29.1. The van der Waals surface area contributed by atoms with E-state index in [0.29, 0.717) is 56.6 Å². The van der Waals surface area contributed by atoms with E-state index in [1.165, 1.54) is 4.90 Å². The molecule has 0 saturated heterocycles. The number of ether oxygens (including phenoxy) is 2. The number of hydrogen-bond donors (Lipinski definition) is 3. The molecule has 11 nitrogen and oxygen atoms in total. The average Bonchev–Trinajstić information content (AvgIpc) is 3.27. The molecule has 0 saturated carbocycles. The number of fused-ring (bicyclic) bond motifs is 2. The van der Waals surface area contributed by atoms with Crippen molar-refractivity contribution >= 4 is 41.0 Å². The molecule has 3 atom stereocenters. The largest absolute Gasteiger partial charge is 0.489 e. The number of anilines is 1. The smallest absolute Gasteiger partial charge is 0.326 e. The summed E-state index contributed by atoms with van der Waals surface area (Å²) in [6, 6.07) is 40.8. The molecule has 60 heavy (non-hydrogen) atoms. The third-order valence-electron chi connectivity index (χ3n) is 10.6. The van der Waals surface area contributed by atoms with Crippen molar-refractivity contribution in [1.82, 2.24) is 10.2 Å². The van der Waals surface area contributed by atoms with Gasteiger partial charge in [-0.3, -0.25) is 14.4 Å². The number of amides is 3. The van der Waals surface area contributed by atoms with Gasteiger partial charge in [0, 0.05) is 35.5 Å². The number of carboxylic acids is 1. The van der Waals surface area contributed by atoms with Crippen molar-refractivity contribution in [2.45, 2.75) is 44.2 Å². The molecule has 2 aliphatic rings. The first kappa shape index (κ1) is 39.4. The number of hydrogen-bond acceptors (Lipinski definition) is 7. The highest BCUT2D eigenvalue weighted by atomic mass is 35.5. The molecule has 12 heteroatoms. The van der Waals surface area contributed by atoms with Gasteiger partial charge in [0.15, 0.2) is 0 Å². The molecule has 298 valence electrons. The lowest BCUT2D eigenvalue weighted by Crippen LogP contribution is -2.56. The second-order valence-corrected chi connectivity index (χ2v) is 15.0. The van der Waals surface area contributed by atoms with Crippen LogP contribution in [0.2, 0.25) is 5.02 Å². The van der Waals surface area contributed by atoms with Crippen molar-refractivity contribution in [2.24, 2.45) is 0 Å². The summed E-state index contributed by atoms with van der Waals surface area (Å²) >= 11 is 5.99. The second kappa shape index (κ2) is 17.2. The summed E-state index contributed by atoms with van der Waals surface area (Å²) in [5.74, 6) is -1.59. The van der Waals surface area contributed by atoms with Gasteiger partial charge >= 0.3 is 5.97 Å². The van der Waals surface area contributed by atoms with Crippen LogP contribution in [0, 0.1) is 11.3 Å². The summed E-state index contributed by atoms with van der Waals surface area (Å²) in [6.07, 6.45) is -0.887. The Balaban J connectivity index is 0.994. The van der Waals surface area contributed by atoms with E-state index in [1.807, 2.05) is 36.4 Å². The zero-order valence-corrected chi connectivity index (χ0v) is 32.8. The predicted molar refractivity (Wildman–Crippen MR) is 224 cm³/mol. The average molecular weight is 817 g/mol. The number of carbonyl (C=O) groups excluding carboxylic acids is 3. The van der Waals surface area contributed by atoms with Crippen molar-refractivity contribution in [2.75, 3.05) is 5.32 Å². The van der Waals surface area contributed by atoms with Crippen LogP contribution in [0.5, 0.6) is 11.5 Å². The first-order valence-corrected chi connectivity index (χ1v) is 19.6. The highest BCUT2D eigenvalue weighted by Crippen LogP contribution is 2.40. The number of aliphatic carboxylic acids is 1. The van der Waals surface area contributed by atoms with E-state index >= 15 is 0 Å². The summed E-state index contributed by atoms with van der Waals surface area (Å²) in [5.41, 5.74) is 6.82.